The number of nitrogens with two attached hydrogens (primary N) is 1. The average Bonchev–Trinajstić information content (AvgIpc) is 2.62. The maximum absolute atomic E-state index is 13.8. The first-order valence-electron chi connectivity index (χ1n) is 8.25. The van der Waals surface area contributed by atoms with Crippen LogP contribution in [0.3, 0.4) is 0 Å². The second-order valence-electron chi connectivity index (χ2n) is 6.10. The standard InChI is InChI=1S/C18H19FN4O3/c19-14-7-4-8-15(17(14)23(25)26)21-9-11-22(12-10-21)16(18(20)24)13-5-2-1-3-6-13/h1-8,16H,9-12H2,(H2,20,24). The van der Waals surface area contributed by atoms with Gasteiger partial charge in [-0.2, -0.15) is 4.39 Å². The van der Waals surface area contributed by atoms with Gasteiger partial charge in [-0.25, -0.2) is 0 Å². The van der Waals surface area contributed by atoms with Crippen molar-refractivity contribution < 1.29 is 14.1 Å². The molecule has 3 rings (SSSR count). The lowest BCUT2D eigenvalue weighted by atomic mass is 10.0. The fraction of sp³-hybridized carbons (Fsp3) is 0.278. The zero-order valence-corrected chi connectivity index (χ0v) is 14.0. The summed E-state index contributed by atoms with van der Waals surface area (Å²) in [6, 6.07) is 12.8. The van der Waals surface area contributed by atoms with E-state index < -0.39 is 28.4 Å². The average molecular weight is 358 g/mol. The first-order chi connectivity index (χ1) is 12.5. The topological polar surface area (TPSA) is 92.7 Å². The summed E-state index contributed by atoms with van der Waals surface area (Å²) in [6.07, 6.45) is 0. The number of nitro groups is 1. The van der Waals surface area contributed by atoms with Gasteiger partial charge in [0, 0.05) is 26.2 Å². The van der Waals surface area contributed by atoms with Gasteiger partial charge in [0.2, 0.25) is 11.7 Å². The van der Waals surface area contributed by atoms with Crippen molar-refractivity contribution in [2.45, 2.75) is 6.04 Å². The number of carbonyl (C=O) groups is 1. The van der Waals surface area contributed by atoms with Crippen LogP contribution in [0.1, 0.15) is 11.6 Å². The van der Waals surface area contributed by atoms with Crippen molar-refractivity contribution in [1.29, 1.82) is 0 Å². The van der Waals surface area contributed by atoms with Gasteiger partial charge in [0.25, 0.3) is 0 Å². The summed E-state index contributed by atoms with van der Waals surface area (Å²) in [7, 11) is 0. The molecule has 2 N–H and O–H groups in total. The number of piperazine rings is 1. The van der Waals surface area contributed by atoms with E-state index in [9.17, 15) is 19.3 Å². The van der Waals surface area contributed by atoms with E-state index in [1.165, 1.54) is 6.07 Å². The maximum atomic E-state index is 13.8. The largest absolute Gasteiger partial charge is 0.368 e. The third-order valence-electron chi connectivity index (χ3n) is 4.55. The van der Waals surface area contributed by atoms with E-state index in [1.54, 1.807) is 11.0 Å². The first kappa shape index (κ1) is 17.8. The summed E-state index contributed by atoms with van der Waals surface area (Å²) < 4.78 is 13.8. The second-order valence-corrected chi connectivity index (χ2v) is 6.10. The van der Waals surface area contributed by atoms with Crippen molar-refractivity contribution in [3.63, 3.8) is 0 Å². The van der Waals surface area contributed by atoms with Gasteiger partial charge in [0.15, 0.2) is 0 Å². The third kappa shape index (κ3) is 3.50. The van der Waals surface area contributed by atoms with Gasteiger partial charge in [-0.15, -0.1) is 0 Å². The number of hydrogen-bond donors (Lipinski definition) is 1. The molecule has 8 heteroatoms. The van der Waals surface area contributed by atoms with Crippen molar-refractivity contribution >= 4 is 17.3 Å². The highest BCUT2D eigenvalue weighted by Crippen LogP contribution is 2.32. The quantitative estimate of drug-likeness (QED) is 0.652. The number of carbonyl (C=O) groups excluding carboxylic acids is 1. The molecule has 136 valence electrons. The highest BCUT2D eigenvalue weighted by Gasteiger charge is 2.31. The van der Waals surface area contributed by atoms with E-state index in [0.717, 1.165) is 11.6 Å². The molecule has 0 radical (unpaired) electrons. The Kier molecular flexibility index (Phi) is 5.13. The highest BCUT2D eigenvalue weighted by molar-refractivity contribution is 5.81. The molecule has 2 aromatic carbocycles. The highest BCUT2D eigenvalue weighted by atomic mass is 19.1. The number of para-hydroxylation sites is 1. The number of hydrogen-bond acceptors (Lipinski definition) is 5. The molecular weight excluding hydrogens is 339 g/mol. The number of rotatable bonds is 5. The lowest BCUT2D eigenvalue weighted by molar-refractivity contribution is -0.386. The molecule has 1 aliphatic rings. The predicted octanol–water partition coefficient (Wildman–Crippen LogP) is 2.08. The van der Waals surface area contributed by atoms with Crippen molar-refractivity contribution in [3.8, 4) is 0 Å². The molecule has 2 aromatic rings. The minimum Gasteiger partial charge on any atom is -0.368 e. The number of anilines is 1. The minimum atomic E-state index is -0.853. The minimum absolute atomic E-state index is 0.255. The Bertz CT molecular complexity index is 807. The van der Waals surface area contributed by atoms with Crippen LogP contribution >= 0.6 is 0 Å². The molecule has 0 saturated carbocycles. The lowest BCUT2D eigenvalue weighted by Crippen LogP contribution is -2.50. The molecule has 0 bridgehead atoms. The van der Waals surface area contributed by atoms with Crippen LogP contribution in [-0.4, -0.2) is 41.9 Å². The zero-order chi connectivity index (χ0) is 18.7. The zero-order valence-electron chi connectivity index (χ0n) is 14.0. The molecule has 0 aromatic heterocycles. The van der Waals surface area contributed by atoms with Gasteiger partial charge in [-0.1, -0.05) is 36.4 Å². The molecule has 1 heterocycles. The normalized spacial score (nSPS) is 16.3. The molecule has 1 amide bonds. The fourth-order valence-electron chi connectivity index (χ4n) is 3.35. The van der Waals surface area contributed by atoms with Crippen LogP contribution < -0.4 is 10.6 Å². The van der Waals surface area contributed by atoms with Crippen molar-refractivity contribution in [1.82, 2.24) is 4.90 Å². The van der Waals surface area contributed by atoms with E-state index in [1.807, 2.05) is 35.2 Å². The van der Waals surface area contributed by atoms with Gasteiger partial charge in [0.05, 0.1) is 4.92 Å². The van der Waals surface area contributed by atoms with Crippen LogP contribution in [0.2, 0.25) is 0 Å². The van der Waals surface area contributed by atoms with E-state index >= 15 is 0 Å². The Hall–Kier alpha value is -3.00. The molecule has 1 aliphatic heterocycles. The van der Waals surface area contributed by atoms with Crippen LogP contribution in [0.4, 0.5) is 15.8 Å². The molecular formula is C18H19FN4O3. The monoisotopic (exact) mass is 358 g/mol. The second kappa shape index (κ2) is 7.49. The molecule has 0 spiro atoms. The number of benzene rings is 2. The van der Waals surface area contributed by atoms with Crippen molar-refractivity contribution in [2.24, 2.45) is 5.73 Å². The number of nitro benzene ring substituents is 1. The third-order valence-corrected chi connectivity index (χ3v) is 4.55. The summed E-state index contributed by atoms with van der Waals surface area (Å²) in [6.45, 7) is 1.83. The van der Waals surface area contributed by atoms with Gasteiger partial charge in [-0.05, 0) is 17.7 Å². The number of primary amides is 1. The summed E-state index contributed by atoms with van der Waals surface area (Å²) in [5.74, 6) is -1.30. The Morgan fingerprint density at radius 2 is 1.73 bits per heavy atom. The SMILES string of the molecule is NC(=O)C(c1ccccc1)N1CCN(c2cccc(F)c2[N+](=O)[O-])CC1. The Morgan fingerprint density at radius 3 is 2.31 bits per heavy atom. The summed E-state index contributed by atoms with van der Waals surface area (Å²) in [4.78, 5) is 26.2. The lowest BCUT2D eigenvalue weighted by Gasteiger charge is -2.39. The summed E-state index contributed by atoms with van der Waals surface area (Å²) >= 11 is 0. The molecule has 1 atom stereocenters. The summed E-state index contributed by atoms with van der Waals surface area (Å²) in [5, 5.41) is 11.2. The first-order valence-corrected chi connectivity index (χ1v) is 8.25. The van der Waals surface area contributed by atoms with Crippen LogP contribution in [0.25, 0.3) is 0 Å². The van der Waals surface area contributed by atoms with Gasteiger partial charge >= 0.3 is 5.69 Å². The maximum Gasteiger partial charge on any atom is 0.327 e. The van der Waals surface area contributed by atoms with Crippen LogP contribution in [-0.2, 0) is 4.79 Å². The van der Waals surface area contributed by atoms with E-state index in [-0.39, 0.29) is 5.69 Å². The molecule has 1 fully saturated rings. The van der Waals surface area contributed by atoms with E-state index in [4.69, 9.17) is 5.73 Å². The molecule has 7 nitrogen and oxygen atoms in total. The van der Waals surface area contributed by atoms with E-state index in [2.05, 4.69) is 0 Å². The van der Waals surface area contributed by atoms with Gasteiger partial charge in [0.1, 0.15) is 11.7 Å². The number of halogens is 1. The fourth-order valence-corrected chi connectivity index (χ4v) is 3.35. The molecule has 1 saturated heterocycles. The van der Waals surface area contributed by atoms with Crippen molar-refractivity contribution in [3.05, 3.63) is 70.0 Å². The van der Waals surface area contributed by atoms with Crippen LogP contribution in [0, 0.1) is 15.9 Å². The van der Waals surface area contributed by atoms with Crippen LogP contribution in [0.5, 0.6) is 0 Å². The Morgan fingerprint density at radius 1 is 1.08 bits per heavy atom. The number of nitrogens with zero attached hydrogens (tertiary/aromatic N) is 3. The molecule has 1 unspecified atom stereocenters. The van der Waals surface area contributed by atoms with Crippen LogP contribution in [0.15, 0.2) is 48.5 Å². The Labute approximate surface area is 150 Å². The van der Waals surface area contributed by atoms with E-state index in [0.29, 0.717) is 26.2 Å². The predicted molar refractivity (Wildman–Crippen MR) is 95.2 cm³/mol. The number of amides is 1. The van der Waals surface area contributed by atoms with Crippen molar-refractivity contribution in [2.75, 3.05) is 31.1 Å². The Balaban J connectivity index is 1.78. The van der Waals surface area contributed by atoms with Gasteiger partial charge in [-0.3, -0.25) is 19.8 Å². The summed E-state index contributed by atoms with van der Waals surface area (Å²) in [5.41, 5.74) is 6.14. The smallest absolute Gasteiger partial charge is 0.327 e. The van der Waals surface area contributed by atoms with Gasteiger partial charge < -0.3 is 10.6 Å². The molecule has 0 aliphatic carbocycles. The molecule has 26 heavy (non-hydrogen) atoms.